The van der Waals surface area contributed by atoms with E-state index in [4.69, 9.17) is 9.47 Å². The number of piperazine rings is 2. The Labute approximate surface area is 315 Å². The van der Waals surface area contributed by atoms with E-state index >= 15 is 0 Å². The summed E-state index contributed by atoms with van der Waals surface area (Å²) in [4.78, 5) is 38.0. The molecular formula is C41H84N6O4. The van der Waals surface area contributed by atoms with Crippen LogP contribution >= 0.6 is 0 Å². The van der Waals surface area contributed by atoms with Crippen LogP contribution in [0.1, 0.15) is 102 Å². The highest BCUT2D eigenvalue weighted by Crippen LogP contribution is 2.20. The van der Waals surface area contributed by atoms with Gasteiger partial charge in [0.1, 0.15) is 11.6 Å². The molecule has 4 aliphatic heterocycles. The molecule has 0 N–H and O–H groups in total. The third-order valence-corrected chi connectivity index (χ3v) is 10.4. The molecule has 302 valence electrons. The molecule has 0 aromatic carbocycles. The lowest BCUT2D eigenvalue weighted by Crippen LogP contribution is -2.53. The SMILES string of the molecule is CC.CC.CC(=O)CN1CCN(C2CCN(CCOC(C)C)CC2)CC1.CC(C)OCCN1CCC(CN2CCN(CC(=O)C(C)C)CC2)CC1. The Morgan fingerprint density at radius 3 is 1.39 bits per heavy atom. The predicted octanol–water partition coefficient (Wildman–Crippen LogP) is 5.10. The number of piperidine rings is 2. The number of Topliss-reactive ketones (excluding diaryl/α,β-unsaturated/α-hetero) is 2. The molecule has 4 aliphatic rings. The molecule has 0 saturated carbocycles. The van der Waals surface area contributed by atoms with Crippen molar-refractivity contribution in [2.75, 3.05) is 124 Å². The fourth-order valence-electron chi connectivity index (χ4n) is 7.24. The minimum Gasteiger partial charge on any atom is -0.377 e. The first kappa shape index (κ1) is 48.0. The second kappa shape index (κ2) is 28.5. The van der Waals surface area contributed by atoms with Gasteiger partial charge in [-0.2, -0.15) is 0 Å². The first-order valence-electron chi connectivity index (χ1n) is 21.1. The summed E-state index contributed by atoms with van der Waals surface area (Å²) < 4.78 is 11.3. The lowest BCUT2D eigenvalue weighted by Gasteiger charge is -2.42. The minimum absolute atomic E-state index is 0.161. The van der Waals surface area contributed by atoms with Gasteiger partial charge in [0.25, 0.3) is 0 Å². The molecule has 0 bridgehead atoms. The van der Waals surface area contributed by atoms with E-state index in [2.05, 4.69) is 57.1 Å². The third-order valence-electron chi connectivity index (χ3n) is 10.4. The molecule has 0 atom stereocenters. The fraction of sp³-hybridized carbons (Fsp3) is 0.951. The molecule has 0 aromatic heterocycles. The molecule has 4 fully saturated rings. The maximum absolute atomic E-state index is 11.9. The largest absolute Gasteiger partial charge is 0.377 e. The van der Waals surface area contributed by atoms with Gasteiger partial charge in [-0.3, -0.25) is 24.3 Å². The number of rotatable bonds is 16. The molecule has 10 nitrogen and oxygen atoms in total. The predicted molar refractivity (Wildman–Crippen MR) is 215 cm³/mol. The van der Waals surface area contributed by atoms with Gasteiger partial charge in [0.2, 0.25) is 0 Å². The van der Waals surface area contributed by atoms with Crippen molar-refractivity contribution >= 4 is 11.6 Å². The lowest BCUT2D eigenvalue weighted by molar-refractivity contribution is -0.123. The van der Waals surface area contributed by atoms with E-state index < -0.39 is 0 Å². The van der Waals surface area contributed by atoms with Crippen LogP contribution in [0.25, 0.3) is 0 Å². The highest BCUT2D eigenvalue weighted by atomic mass is 16.5. The molecule has 10 heteroatoms. The molecule has 0 amide bonds. The number of carbonyl (C=O) groups is 2. The summed E-state index contributed by atoms with van der Waals surface area (Å²) in [5, 5.41) is 0. The second-order valence-electron chi connectivity index (χ2n) is 15.4. The normalized spacial score (nSPS) is 21.1. The van der Waals surface area contributed by atoms with Crippen molar-refractivity contribution in [3.8, 4) is 0 Å². The smallest absolute Gasteiger partial charge is 0.149 e. The van der Waals surface area contributed by atoms with E-state index in [1.54, 1.807) is 6.92 Å². The molecule has 4 rings (SSSR count). The number of ether oxygens (including phenoxy) is 2. The van der Waals surface area contributed by atoms with Crippen molar-refractivity contribution in [2.24, 2.45) is 11.8 Å². The van der Waals surface area contributed by atoms with Gasteiger partial charge in [0.15, 0.2) is 0 Å². The summed E-state index contributed by atoms with van der Waals surface area (Å²) in [6, 6.07) is 0.738. The van der Waals surface area contributed by atoms with Crippen LogP contribution in [0.3, 0.4) is 0 Å². The van der Waals surface area contributed by atoms with Crippen LogP contribution in [0.5, 0.6) is 0 Å². The standard InChI is InChI=1S/C20H39N3O2.C17H33N3O2.2C2H6/c1-17(2)20(24)16-23-11-9-22(10-12-23)15-19-5-7-21(8-6-19)13-14-25-18(3)4;1-15(2)22-13-12-18-6-4-17(5-7-18)20-10-8-19(9-11-20)14-16(3)21;2*1-2/h17-19H,5-16H2,1-4H3;15,17H,4-14H2,1-3H3;2*1-2H3. The van der Waals surface area contributed by atoms with Gasteiger partial charge < -0.3 is 24.2 Å². The zero-order valence-electron chi connectivity index (χ0n) is 35.5. The number of nitrogens with zero attached hydrogens (tertiary/aromatic N) is 6. The Morgan fingerprint density at radius 2 is 0.961 bits per heavy atom. The van der Waals surface area contributed by atoms with Crippen molar-refractivity contribution in [1.29, 1.82) is 0 Å². The first-order valence-corrected chi connectivity index (χ1v) is 21.1. The summed E-state index contributed by atoms with van der Waals surface area (Å²) in [6.07, 6.45) is 5.85. The maximum Gasteiger partial charge on any atom is 0.149 e. The van der Waals surface area contributed by atoms with Crippen LogP contribution in [0.4, 0.5) is 0 Å². The zero-order valence-corrected chi connectivity index (χ0v) is 35.5. The summed E-state index contributed by atoms with van der Waals surface area (Å²) in [5.41, 5.74) is 0. The number of hydrogen-bond acceptors (Lipinski definition) is 10. The molecular weight excluding hydrogens is 640 g/mol. The molecule has 0 unspecified atom stereocenters. The van der Waals surface area contributed by atoms with Crippen molar-refractivity contribution in [1.82, 2.24) is 29.4 Å². The fourth-order valence-corrected chi connectivity index (χ4v) is 7.24. The van der Waals surface area contributed by atoms with Crippen LogP contribution in [0.2, 0.25) is 0 Å². The average molecular weight is 725 g/mol. The van der Waals surface area contributed by atoms with E-state index in [0.29, 0.717) is 31.1 Å². The van der Waals surface area contributed by atoms with Crippen molar-refractivity contribution in [3.05, 3.63) is 0 Å². The van der Waals surface area contributed by atoms with Crippen molar-refractivity contribution in [2.45, 2.75) is 120 Å². The lowest BCUT2D eigenvalue weighted by atomic mass is 9.96. The van der Waals surface area contributed by atoms with Gasteiger partial charge in [0.05, 0.1) is 38.5 Å². The van der Waals surface area contributed by atoms with Gasteiger partial charge in [-0.05, 0) is 92.4 Å². The van der Waals surface area contributed by atoms with E-state index in [1.165, 1.54) is 58.4 Å². The quantitative estimate of drug-likeness (QED) is 0.215. The van der Waals surface area contributed by atoms with E-state index in [-0.39, 0.29) is 11.7 Å². The van der Waals surface area contributed by atoms with E-state index in [9.17, 15) is 9.59 Å². The molecule has 4 saturated heterocycles. The topological polar surface area (TPSA) is 72.0 Å². The van der Waals surface area contributed by atoms with Gasteiger partial charge >= 0.3 is 0 Å². The molecule has 4 heterocycles. The Kier molecular flexibility index (Phi) is 26.8. The van der Waals surface area contributed by atoms with Gasteiger partial charge in [0, 0.05) is 84.0 Å². The maximum atomic E-state index is 11.9. The third kappa shape index (κ3) is 21.5. The second-order valence-corrected chi connectivity index (χ2v) is 15.4. The number of likely N-dealkylation sites (tertiary alicyclic amines) is 2. The van der Waals surface area contributed by atoms with Crippen molar-refractivity contribution in [3.63, 3.8) is 0 Å². The Bertz CT molecular complexity index is 858. The Morgan fingerprint density at radius 1 is 0.549 bits per heavy atom. The zero-order chi connectivity index (χ0) is 38.2. The van der Waals surface area contributed by atoms with Crippen LogP contribution in [0.15, 0.2) is 0 Å². The van der Waals surface area contributed by atoms with Crippen LogP contribution in [0, 0.1) is 11.8 Å². The van der Waals surface area contributed by atoms with Gasteiger partial charge in [-0.1, -0.05) is 41.5 Å². The molecule has 0 radical (unpaired) electrons. The molecule has 0 aliphatic carbocycles. The van der Waals surface area contributed by atoms with E-state index in [1.807, 2.05) is 41.5 Å². The number of carbonyl (C=O) groups excluding carboxylic acids is 2. The monoisotopic (exact) mass is 725 g/mol. The molecule has 51 heavy (non-hydrogen) atoms. The van der Waals surface area contributed by atoms with Gasteiger partial charge in [-0.15, -0.1) is 0 Å². The van der Waals surface area contributed by atoms with E-state index in [0.717, 1.165) is 90.6 Å². The first-order chi connectivity index (χ1) is 24.5. The summed E-state index contributed by atoms with van der Waals surface area (Å²) >= 11 is 0. The Balaban J connectivity index is 0.000000468. The number of ketones is 2. The summed E-state index contributed by atoms with van der Waals surface area (Å²) in [6.45, 7) is 41.9. The summed E-state index contributed by atoms with van der Waals surface area (Å²) in [7, 11) is 0. The van der Waals surface area contributed by atoms with Crippen LogP contribution < -0.4 is 0 Å². The minimum atomic E-state index is 0.161. The Hall–Kier alpha value is -0.980. The highest BCUT2D eigenvalue weighted by molar-refractivity contribution is 5.82. The number of hydrogen-bond donors (Lipinski definition) is 0. The van der Waals surface area contributed by atoms with Crippen LogP contribution in [-0.4, -0.2) is 184 Å². The highest BCUT2D eigenvalue weighted by Gasteiger charge is 2.28. The van der Waals surface area contributed by atoms with Gasteiger partial charge in [-0.25, -0.2) is 0 Å². The average Bonchev–Trinajstić information content (AvgIpc) is 3.12. The molecule has 0 aromatic rings. The molecule has 0 spiro atoms. The summed E-state index contributed by atoms with van der Waals surface area (Å²) in [5.74, 6) is 1.66. The van der Waals surface area contributed by atoms with Crippen LogP contribution in [-0.2, 0) is 19.1 Å². The van der Waals surface area contributed by atoms with Crippen molar-refractivity contribution < 1.29 is 19.1 Å².